The maximum Gasteiger partial charge on any atom is 0.317 e. The third-order valence-corrected chi connectivity index (χ3v) is 4.26. The molecule has 0 unspecified atom stereocenters. The van der Waals surface area contributed by atoms with E-state index >= 15 is 0 Å². The summed E-state index contributed by atoms with van der Waals surface area (Å²) in [5.41, 5.74) is 1.07. The third-order valence-electron chi connectivity index (χ3n) is 3.73. The van der Waals surface area contributed by atoms with Crippen LogP contribution >= 0.6 is 15.9 Å². The predicted octanol–water partition coefficient (Wildman–Crippen LogP) is 3.43. The molecule has 0 bridgehead atoms. The molecule has 0 radical (unpaired) electrons. The maximum absolute atomic E-state index is 12.2. The Morgan fingerprint density at radius 3 is 2.67 bits per heavy atom. The summed E-state index contributed by atoms with van der Waals surface area (Å²) in [7, 11) is 1.77. The molecule has 1 atom stereocenters. The van der Waals surface area contributed by atoms with Gasteiger partial charge in [0, 0.05) is 18.1 Å². The summed E-state index contributed by atoms with van der Waals surface area (Å²) in [6.07, 6.45) is -0.190. The molecule has 2 aromatic rings. The van der Waals surface area contributed by atoms with Crippen LogP contribution in [0.2, 0.25) is 0 Å². The van der Waals surface area contributed by atoms with Gasteiger partial charge < -0.3 is 19.7 Å². The van der Waals surface area contributed by atoms with Gasteiger partial charge >= 0.3 is 6.03 Å². The predicted molar refractivity (Wildman–Crippen MR) is 95.4 cm³/mol. The average molecular weight is 391 g/mol. The number of ether oxygens (including phenoxy) is 2. The topological polar surface area (TPSA) is 50.8 Å². The number of hydrogen-bond acceptors (Lipinski definition) is 3. The van der Waals surface area contributed by atoms with Crippen molar-refractivity contribution in [1.82, 2.24) is 10.2 Å². The van der Waals surface area contributed by atoms with Gasteiger partial charge in [0.15, 0.2) is 17.6 Å². The molecule has 0 aromatic heterocycles. The van der Waals surface area contributed by atoms with Crippen LogP contribution < -0.4 is 14.8 Å². The van der Waals surface area contributed by atoms with E-state index in [9.17, 15) is 4.79 Å². The van der Waals surface area contributed by atoms with Gasteiger partial charge in [-0.3, -0.25) is 0 Å². The molecule has 0 saturated heterocycles. The molecule has 1 aliphatic rings. The Kier molecular flexibility index (Phi) is 5.25. The first-order valence-electron chi connectivity index (χ1n) is 7.74. The maximum atomic E-state index is 12.2. The highest BCUT2D eigenvalue weighted by Crippen LogP contribution is 2.30. The van der Waals surface area contributed by atoms with Crippen LogP contribution in [0.4, 0.5) is 4.79 Å². The lowest BCUT2D eigenvalue weighted by Gasteiger charge is -2.27. The van der Waals surface area contributed by atoms with Gasteiger partial charge in [-0.2, -0.15) is 0 Å². The molecular formula is C18H19BrN2O3. The quantitative estimate of drug-likeness (QED) is 0.869. The van der Waals surface area contributed by atoms with Gasteiger partial charge in [-0.15, -0.1) is 0 Å². The fourth-order valence-electron chi connectivity index (χ4n) is 2.44. The molecule has 1 aliphatic heterocycles. The van der Waals surface area contributed by atoms with Crippen molar-refractivity contribution in [3.05, 3.63) is 58.6 Å². The molecule has 0 aliphatic carbocycles. The van der Waals surface area contributed by atoms with Crippen molar-refractivity contribution >= 4 is 22.0 Å². The molecule has 126 valence electrons. The highest BCUT2D eigenvalue weighted by atomic mass is 79.9. The fourth-order valence-corrected chi connectivity index (χ4v) is 2.70. The van der Waals surface area contributed by atoms with Crippen molar-refractivity contribution in [2.24, 2.45) is 0 Å². The number of nitrogens with zero attached hydrogens (tertiary/aromatic N) is 1. The van der Waals surface area contributed by atoms with Gasteiger partial charge in [0.05, 0.1) is 6.54 Å². The highest BCUT2D eigenvalue weighted by molar-refractivity contribution is 9.10. The second-order valence-corrected chi connectivity index (χ2v) is 6.58. The number of fused-ring (bicyclic) bond motifs is 1. The molecular weight excluding hydrogens is 372 g/mol. The lowest BCUT2D eigenvalue weighted by molar-refractivity contribution is 0.0904. The lowest BCUT2D eigenvalue weighted by atomic mass is 10.2. The number of nitrogens with one attached hydrogen (secondary N) is 1. The summed E-state index contributed by atoms with van der Waals surface area (Å²) in [6, 6.07) is 15.3. The van der Waals surface area contributed by atoms with Crippen LogP contribution in [0.1, 0.15) is 5.56 Å². The van der Waals surface area contributed by atoms with E-state index in [2.05, 4.69) is 21.2 Å². The van der Waals surface area contributed by atoms with Crippen LogP contribution in [-0.2, 0) is 6.54 Å². The minimum absolute atomic E-state index is 0.139. The van der Waals surface area contributed by atoms with E-state index < -0.39 is 0 Å². The van der Waals surface area contributed by atoms with E-state index in [1.54, 1.807) is 11.9 Å². The molecule has 6 heteroatoms. The zero-order valence-corrected chi connectivity index (χ0v) is 15.0. The number of rotatable bonds is 4. The van der Waals surface area contributed by atoms with Crippen molar-refractivity contribution in [3.8, 4) is 11.5 Å². The molecule has 0 spiro atoms. The standard InChI is InChI=1S/C18H19BrN2O3/c1-21(11-13-6-8-14(19)9-7-13)18(22)20-10-15-12-23-16-4-2-3-5-17(16)24-15/h2-9,15H,10-12H2,1H3,(H,20,22)/t15-/m0/s1. The van der Waals surface area contributed by atoms with Gasteiger partial charge in [0.2, 0.25) is 0 Å². The van der Waals surface area contributed by atoms with Crippen molar-refractivity contribution < 1.29 is 14.3 Å². The van der Waals surface area contributed by atoms with Gasteiger partial charge in [-0.05, 0) is 29.8 Å². The molecule has 2 aromatic carbocycles. The summed E-state index contributed by atoms with van der Waals surface area (Å²) in [5, 5.41) is 2.89. The summed E-state index contributed by atoms with van der Waals surface area (Å²) in [4.78, 5) is 13.9. The largest absolute Gasteiger partial charge is 0.486 e. The SMILES string of the molecule is CN(Cc1ccc(Br)cc1)C(=O)NC[C@H]1COc2ccccc2O1. The number of amides is 2. The van der Waals surface area contributed by atoms with Crippen LogP contribution in [-0.4, -0.2) is 37.2 Å². The van der Waals surface area contributed by atoms with E-state index in [1.165, 1.54) is 0 Å². The number of para-hydroxylation sites is 2. The lowest BCUT2D eigenvalue weighted by Crippen LogP contribution is -2.44. The Bertz CT molecular complexity index is 706. The number of carbonyl (C=O) groups is 1. The van der Waals surface area contributed by atoms with Crippen LogP contribution in [0.15, 0.2) is 53.0 Å². The summed E-state index contributed by atoms with van der Waals surface area (Å²) in [6.45, 7) is 1.37. The van der Waals surface area contributed by atoms with E-state index in [0.717, 1.165) is 15.8 Å². The van der Waals surface area contributed by atoms with Gasteiger partial charge in [0.25, 0.3) is 0 Å². The molecule has 5 nitrogen and oxygen atoms in total. The smallest absolute Gasteiger partial charge is 0.317 e. The number of carbonyl (C=O) groups excluding carboxylic acids is 1. The Labute approximate surface area is 149 Å². The molecule has 3 rings (SSSR count). The molecule has 24 heavy (non-hydrogen) atoms. The summed E-state index contributed by atoms with van der Waals surface area (Å²) >= 11 is 3.40. The first kappa shape index (κ1) is 16.6. The number of hydrogen-bond donors (Lipinski definition) is 1. The zero-order chi connectivity index (χ0) is 16.9. The molecule has 0 saturated carbocycles. The number of urea groups is 1. The zero-order valence-electron chi connectivity index (χ0n) is 13.4. The first-order chi connectivity index (χ1) is 11.6. The molecule has 0 fully saturated rings. The summed E-state index contributed by atoms with van der Waals surface area (Å²) < 4.78 is 12.5. The van der Waals surface area contributed by atoms with Gasteiger partial charge in [0.1, 0.15) is 6.61 Å². The molecule has 1 heterocycles. The van der Waals surface area contributed by atoms with E-state index in [4.69, 9.17) is 9.47 Å². The normalized spacial score (nSPS) is 15.7. The van der Waals surface area contributed by atoms with Crippen molar-refractivity contribution in [3.63, 3.8) is 0 Å². The fraction of sp³-hybridized carbons (Fsp3) is 0.278. The summed E-state index contributed by atoms with van der Waals surface area (Å²) in [5.74, 6) is 1.46. The Morgan fingerprint density at radius 2 is 1.92 bits per heavy atom. The third kappa shape index (κ3) is 4.20. The van der Waals surface area contributed by atoms with Crippen LogP contribution in [0.25, 0.3) is 0 Å². The number of halogens is 1. The van der Waals surface area contributed by atoms with Crippen molar-refractivity contribution in [1.29, 1.82) is 0 Å². The van der Waals surface area contributed by atoms with Crippen LogP contribution in [0, 0.1) is 0 Å². The Hall–Kier alpha value is -2.21. The van der Waals surface area contributed by atoms with Crippen LogP contribution in [0.5, 0.6) is 11.5 Å². The highest BCUT2D eigenvalue weighted by Gasteiger charge is 2.21. The second kappa shape index (κ2) is 7.57. The van der Waals surface area contributed by atoms with Gasteiger partial charge in [-0.25, -0.2) is 4.79 Å². The molecule has 1 N–H and O–H groups in total. The first-order valence-corrected chi connectivity index (χ1v) is 8.53. The second-order valence-electron chi connectivity index (χ2n) is 5.67. The van der Waals surface area contributed by atoms with Crippen molar-refractivity contribution in [2.75, 3.05) is 20.2 Å². The van der Waals surface area contributed by atoms with Crippen LogP contribution in [0.3, 0.4) is 0 Å². The van der Waals surface area contributed by atoms with E-state index in [-0.39, 0.29) is 12.1 Å². The minimum Gasteiger partial charge on any atom is -0.486 e. The minimum atomic E-state index is -0.190. The van der Waals surface area contributed by atoms with E-state index in [0.29, 0.717) is 25.4 Å². The van der Waals surface area contributed by atoms with Gasteiger partial charge in [-0.1, -0.05) is 40.2 Å². The van der Waals surface area contributed by atoms with E-state index in [1.807, 2.05) is 48.5 Å². The Balaban J connectivity index is 1.48. The number of benzene rings is 2. The monoisotopic (exact) mass is 390 g/mol. The average Bonchev–Trinajstić information content (AvgIpc) is 2.61. The molecule has 2 amide bonds. The Morgan fingerprint density at radius 1 is 1.21 bits per heavy atom. The van der Waals surface area contributed by atoms with Crippen molar-refractivity contribution in [2.45, 2.75) is 12.6 Å².